The molecule has 0 radical (unpaired) electrons. The number of furan rings is 1. The van der Waals surface area contributed by atoms with Crippen molar-refractivity contribution < 1.29 is 8.98 Å². The number of hydrogen-bond donors (Lipinski definition) is 0. The smallest absolute Gasteiger partial charge is 0.216 e. The fourth-order valence-electron chi connectivity index (χ4n) is 6.08. The molecule has 0 atom stereocenters. The zero-order valence-electron chi connectivity index (χ0n) is 24.0. The number of hydrogen-bond acceptors (Lipinski definition) is 3. The maximum absolute atomic E-state index is 6.61. The van der Waals surface area contributed by atoms with Gasteiger partial charge in [-0.15, -0.1) is 0 Å². The molecule has 3 heterocycles. The molecule has 204 valence electrons. The van der Waals surface area contributed by atoms with Gasteiger partial charge in [-0.25, -0.2) is 9.97 Å². The Kier molecular flexibility index (Phi) is 5.86. The lowest BCUT2D eigenvalue weighted by atomic mass is 9.99. The molecule has 0 N–H and O–H groups in total. The van der Waals surface area contributed by atoms with Gasteiger partial charge in [0.15, 0.2) is 5.82 Å². The first-order valence-corrected chi connectivity index (χ1v) is 14.5. The molecule has 3 aromatic heterocycles. The minimum absolute atomic E-state index is 0.685. The Morgan fingerprint density at radius 3 is 1.98 bits per heavy atom. The average Bonchev–Trinajstić information content (AvgIpc) is 3.44. The van der Waals surface area contributed by atoms with Crippen LogP contribution in [0.1, 0.15) is 5.56 Å². The summed E-state index contributed by atoms with van der Waals surface area (Å²) < 4.78 is 8.86. The summed E-state index contributed by atoms with van der Waals surface area (Å²) in [6, 6.07) is 46.1. The molecule has 0 aliphatic rings. The molecule has 0 fully saturated rings. The van der Waals surface area contributed by atoms with E-state index in [1.54, 1.807) is 0 Å². The highest BCUT2D eigenvalue weighted by molar-refractivity contribution is 6.10. The molecule has 0 spiro atoms. The fourth-order valence-corrected chi connectivity index (χ4v) is 6.08. The van der Waals surface area contributed by atoms with Gasteiger partial charge in [-0.2, -0.15) is 4.57 Å². The highest BCUT2D eigenvalue weighted by Gasteiger charge is 2.22. The van der Waals surface area contributed by atoms with Gasteiger partial charge < -0.3 is 4.42 Å². The van der Waals surface area contributed by atoms with E-state index in [2.05, 4.69) is 110 Å². The number of para-hydroxylation sites is 1. The van der Waals surface area contributed by atoms with Crippen molar-refractivity contribution in [3.8, 4) is 45.2 Å². The molecule has 43 heavy (non-hydrogen) atoms. The van der Waals surface area contributed by atoms with Crippen LogP contribution in [0.2, 0.25) is 0 Å². The molecular weight excluding hydrogens is 526 g/mol. The summed E-state index contributed by atoms with van der Waals surface area (Å²) in [7, 11) is 2.12. The second-order valence-electron chi connectivity index (χ2n) is 11.0. The van der Waals surface area contributed by atoms with E-state index in [0.29, 0.717) is 5.82 Å². The monoisotopic (exact) mass is 554 g/mol. The third-order valence-corrected chi connectivity index (χ3v) is 8.31. The Hall–Kier alpha value is -5.61. The van der Waals surface area contributed by atoms with Crippen LogP contribution >= 0.6 is 0 Å². The fraction of sp³-hybridized carbons (Fsp3) is 0.0513. The molecule has 0 aliphatic carbocycles. The van der Waals surface area contributed by atoms with Gasteiger partial charge in [0.05, 0.1) is 17.0 Å². The van der Waals surface area contributed by atoms with E-state index >= 15 is 0 Å². The molecular formula is C39H28N3O+. The molecule has 8 aromatic rings. The molecule has 0 saturated carbocycles. The number of aryl methyl sites for hydroxylation is 2. The van der Waals surface area contributed by atoms with Crippen molar-refractivity contribution in [1.29, 1.82) is 0 Å². The van der Waals surface area contributed by atoms with Crippen LogP contribution in [0.3, 0.4) is 0 Å². The van der Waals surface area contributed by atoms with Crippen LogP contribution < -0.4 is 4.57 Å². The third-order valence-electron chi connectivity index (χ3n) is 8.31. The number of rotatable bonds is 4. The number of aromatic nitrogens is 3. The summed E-state index contributed by atoms with van der Waals surface area (Å²) in [5.41, 5.74) is 11.2. The quantitative estimate of drug-likeness (QED) is 0.204. The van der Waals surface area contributed by atoms with Gasteiger partial charge in [0.25, 0.3) is 0 Å². The van der Waals surface area contributed by atoms with Crippen molar-refractivity contribution >= 4 is 32.8 Å². The Balaban J connectivity index is 1.32. The molecule has 0 saturated heterocycles. The lowest BCUT2D eigenvalue weighted by Crippen LogP contribution is -2.32. The Bertz CT molecular complexity index is 2250. The van der Waals surface area contributed by atoms with Crippen molar-refractivity contribution in [3.63, 3.8) is 0 Å². The second kappa shape index (κ2) is 10.0. The summed E-state index contributed by atoms with van der Waals surface area (Å²) in [4.78, 5) is 10.1. The highest BCUT2D eigenvalue weighted by atomic mass is 16.3. The van der Waals surface area contributed by atoms with E-state index in [0.717, 1.165) is 61.3 Å². The van der Waals surface area contributed by atoms with Crippen LogP contribution in [-0.4, -0.2) is 9.97 Å². The summed E-state index contributed by atoms with van der Waals surface area (Å²) in [5.74, 6) is 0.685. The van der Waals surface area contributed by atoms with Gasteiger partial charge in [0, 0.05) is 45.0 Å². The van der Waals surface area contributed by atoms with Crippen molar-refractivity contribution in [1.82, 2.24) is 9.97 Å². The SMILES string of the molecule is Cc1ccc2c(oc3ccc(-c4nc(-c5ccccc5)cc(-c5ccccc5)n4)cc32)c1-c1ccc2ccccc2[n+]1C. The first kappa shape index (κ1) is 25.1. The molecule has 0 unspecified atom stereocenters. The van der Waals surface area contributed by atoms with Crippen molar-refractivity contribution in [2.45, 2.75) is 6.92 Å². The topological polar surface area (TPSA) is 42.8 Å². The highest BCUT2D eigenvalue weighted by Crippen LogP contribution is 2.39. The van der Waals surface area contributed by atoms with E-state index < -0.39 is 0 Å². The van der Waals surface area contributed by atoms with E-state index in [1.165, 1.54) is 16.5 Å². The van der Waals surface area contributed by atoms with E-state index in [-0.39, 0.29) is 0 Å². The van der Waals surface area contributed by atoms with Gasteiger partial charge in [0.2, 0.25) is 11.2 Å². The lowest BCUT2D eigenvalue weighted by Gasteiger charge is -2.09. The summed E-state index contributed by atoms with van der Waals surface area (Å²) in [5, 5.41) is 3.33. The summed E-state index contributed by atoms with van der Waals surface area (Å²) in [6.45, 7) is 2.15. The van der Waals surface area contributed by atoms with E-state index in [9.17, 15) is 0 Å². The standard InChI is InChI=1S/C39H28N3O/c1-25-17-20-30-31-23-29(39-40-32(26-11-5-3-6-12-26)24-33(41-39)27-13-7-4-8-14-27)19-22-36(31)43-38(30)37(25)35-21-18-28-15-9-10-16-34(28)42(35)2/h3-24H,1-2H3/q+1. The third kappa shape index (κ3) is 4.27. The van der Waals surface area contributed by atoms with E-state index in [4.69, 9.17) is 14.4 Å². The van der Waals surface area contributed by atoms with Crippen LogP contribution in [0.15, 0.2) is 138 Å². The molecule has 4 heteroatoms. The predicted molar refractivity (Wildman–Crippen MR) is 174 cm³/mol. The van der Waals surface area contributed by atoms with Crippen LogP contribution in [0.5, 0.6) is 0 Å². The van der Waals surface area contributed by atoms with Crippen molar-refractivity contribution in [2.24, 2.45) is 7.05 Å². The number of benzene rings is 5. The van der Waals surface area contributed by atoms with Crippen molar-refractivity contribution in [2.75, 3.05) is 0 Å². The molecule has 0 aliphatic heterocycles. The Morgan fingerprint density at radius 1 is 0.581 bits per heavy atom. The second-order valence-corrected chi connectivity index (χ2v) is 11.0. The summed E-state index contributed by atoms with van der Waals surface area (Å²) >= 11 is 0. The van der Waals surface area contributed by atoms with Gasteiger partial charge in [0.1, 0.15) is 18.2 Å². The van der Waals surface area contributed by atoms with Crippen molar-refractivity contribution in [3.05, 3.63) is 139 Å². The number of pyridine rings is 1. The maximum Gasteiger partial charge on any atom is 0.216 e. The Labute approximate surface area is 249 Å². The molecule has 0 amide bonds. The van der Waals surface area contributed by atoms with Crippen LogP contribution in [-0.2, 0) is 7.05 Å². The lowest BCUT2D eigenvalue weighted by molar-refractivity contribution is -0.633. The summed E-state index contributed by atoms with van der Waals surface area (Å²) in [6.07, 6.45) is 0. The molecule has 8 rings (SSSR count). The van der Waals surface area contributed by atoms with Crippen LogP contribution in [0.25, 0.3) is 78.0 Å². The first-order chi connectivity index (χ1) is 21.1. The predicted octanol–water partition coefficient (Wildman–Crippen LogP) is 9.33. The van der Waals surface area contributed by atoms with E-state index in [1.807, 2.05) is 42.5 Å². The molecule has 4 nitrogen and oxygen atoms in total. The van der Waals surface area contributed by atoms with Gasteiger partial charge in [-0.05, 0) is 48.9 Å². The van der Waals surface area contributed by atoms with Crippen LogP contribution in [0, 0.1) is 6.92 Å². The average molecular weight is 555 g/mol. The number of fused-ring (bicyclic) bond motifs is 4. The zero-order chi connectivity index (χ0) is 28.9. The maximum atomic E-state index is 6.61. The van der Waals surface area contributed by atoms with Gasteiger partial charge in [-0.1, -0.05) is 84.9 Å². The van der Waals surface area contributed by atoms with Gasteiger partial charge >= 0.3 is 0 Å². The molecule has 5 aromatic carbocycles. The van der Waals surface area contributed by atoms with Gasteiger partial charge in [-0.3, -0.25) is 0 Å². The van der Waals surface area contributed by atoms with Crippen LogP contribution in [0.4, 0.5) is 0 Å². The molecule has 0 bridgehead atoms. The Morgan fingerprint density at radius 2 is 1.26 bits per heavy atom. The largest absolute Gasteiger partial charge is 0.455 e. The number of nitrogens with zero attached hydrogens (tertiary/aromatic N) is 3. The zero-order valence-corrected chi connectivity index (χ0v) is 24.0. The minimum Gasteiger partial charge on any atom is -0.455 e. The first-order valence-electron chi connectivity index (χ1n) is 14.5. The normalized spacial score (nSPS) is 11.5. The minimum atomic E-state index is 0.685.